The summed E-state index contributed by atoms with van der Waals surface area (Å²) < 4.78 is 5.04. The minimum atomic E-state index is 0.372. The maximum absolute atomic E-state index is 5.99. The van der Waals surface area contributed by atoms with Crippen LogP contribution < -0.4 is 5.32 Å². The van der Waals surface area contributed by atoms with E-state index in [0.717, 1.165) is 12.4 Å². The van der Waals surface area contributed by atoms with Crippen molar-refractivity contribution in [2.24, 2.45) is 0 Å². The number of likely N-dealkylation sites (tertiary alicyclic amines) is 1. The molecule has 1 aromatic heterocycles. The molecule has 1 fully saturated rings. The number of hydrogen-bond acceptors (Lipinski definition) is 5. The molecule has 5 nitrogen and oxygen atoms in total. The molecule has 112 valence electrons. The maximum atomic E-state index is 5.99. The topological polar surface area (TPSA) is 50.3 Å². The predicted octanol–water partition coefficient (Wildman–Crippen LogP) is 2.56. The summed E-state index contributed by atoms with van der Waals surface area (Å²) in [6.45, 7) is 5.87. The molecule has 1 unspecified atom stereocenters. The molecule has 6 heteroatoms. The van der Waals surface area contributed by atoms with Gasteiger partial charge in [-0.2, -0.15) is 0 Å². The van der Waals surface area contributed by atoms with E-state index in [1.165, 1.54) is 32.4 Å². The first-order valence-corrected chi connectivity index (χ1v) is 7.57. The van der Waals surface area contributed by atoms with Crippen molar-refractivity contribution in [3.8, 4) is 0 Å². The molecular weight excluding hydrogens is 276 g/mol. The second kappa shape index (κ2) is 7.76. The number of rotatable bonds is 6. The lowest BCUT2D eigenvalue weighted by Gasteiger charge is -2.32. The minimum absolute atomic E-state index is 0.372. The smallest absolute Gasteiger partial charge is 0.158 e. The predicted molar refractivity (Wildman–Crippen MR) is 81.1 cm³/mol. The highest BCUT2D eigenvalue weighted by Crippen LogP contribution is 2.15. The van der Waals surface area contributed by atoms with Crippen molar-refractivity contribution < 1.29 is 4.74 Å². The molecule has 0 bridgehead atoms. The summed E-state index contributed by atoms with van der Waals surface area (Å²) in [7, 11) is 1.62. The van der Waals surface area contributed by atoms with Gasteiger partial charge in [-0.3, -0.25) is 4.90 Å². The lowest BCUT2D eigenvalue weighted by atomic mass is 10.1. The number of methoxy groups -OCH3 is 1. The van der Waals surface area contributed by atoms with Crippen molar-refractivity contribution in [2.45, 2.75) is 38.8 Å². The Morgan fingerprint density at radius 2 is 2.10 bits per heavy atom. The summed E-state index contributed by atoms with van der Waals surface area (Å²) in [6.07, 6.45) is 3.97. The molecule has 1 aromatic rings. The number of halogens is 1. The van der Waals surface area contributed by atoms with Crippen LogP contribution in [0.1, 0.15) is 32.0 Å². The van der Waals surface area contributed by atoms with E-state index < -0.39 is 0 Å². The normalized spacial score (nSPS) is 17.9. The maximum Gasteiger partial charge on any atom is 0.158 e. The van der Waals surface area contributed by atoms with Gasteiger partial charge in [-0.25, -0.2) is 9.97 Å². The van der Waals surface area contributed by atoms with E-state index in [1.54, 1.807) is 13.2 Å². The van der Waals surface area contributed by atoms with Crippen LogP contribution in [0, 0.1) is 0 Å². The largest absolute Gasteiger partial charge is 0.377 e. The van der Waals surface area contributed by atoms with Gasteiger partial charge in [0.1, 0.15) is 17.6 Å². The Hall–Kier alpha value is -0.910. The number of nitrogens with one attached hydrogen (secondary N) is 1. The molecule has 1 saturated heterocycles. The summed E-state index contributed by atoms with van der Waals surface area (Å²) in [5.41, 5.74) is 0. The van der Waals surface area contributed by atoms with Crippen molar-refractivity contribution in [1.29, 1.82) is 0 Å². The molecule has 2 heterocycles. The molecule has 1 aliphatic rings. The van der Waals surface area contributed by atoms with Crippen LogP contribution in [0.15, 0.2) is 6.07 Å². The van der Waals surface area contributed by atoms with E-state index in [2.05, 4.69) is 27.1 Å². The molecule has 1 atom stereocenters. The van der Waals surface area contributed by atoms with Gasteiger partial charge in [-0.05, 0) is 32.9 Å². The molecule has 0 saturated carbocycles. The Morgan fingerprint density at radius 3 is 2.80 bits per heavy atom. The number of piperidine rings is 1. The fourth-order valence-corrected chi connectivity index (χ4v) is 2.69. The minimum Gasteiger partial charge on any atom is -0.377 e. The van der Waals surface area contributed by atoms with Gasteiger partial charge in [0, 0.05) is 25.8 Å². The monoisotopic (exact) mass is 298 g/mol. The molecule has 2 rings (SSSR count). The van der Waals surface area contributed by atoms with Crippen LogP contribution in [0.5, 0.6) is 0 Å². The fourth-order valence-electron chi connectivity index (χ4n) is 2.49. The highest BCUT2D eigenvalue weighted by Gasteiger charge is 2.16. The van der Waals surface area contributed by atoms with Crippen molar-refractivity contribution in [2.75, 3.05) is 32.1 Å². The number of hydrogen-bond donors (Lipinski definition) is 1. The van der Waals surface area contributed by atoms with Crippen LogP contribution in [0.25, 0.3) is 0 Å². The molecule has 20 heavy (non-hydrogen) atoms. The lowest BCUT2D eigenvalue weighted by Crippen LogP contribution is -2.41. The fraction of sp³-hybridized carbons (Fsp3) is 0.714. The molecule has 0 aromatic carbocycles. The average molecular weight is 299 g/mol. The Bertz CT molecular complexity index is 424. The molecule has 0 radical (unpaired) electrons. The summed E-state index contributed by atoms with van der Waals surface area (Å²) in [5, 5.41) is 3.79. The SMILES string of the molecule is COCc1nc(Cl)cc(NCC(C)N2CCCCC2)n1. The highest BCUT2D eigenvalue weighted by atomic mass is 35.5. The van der Waals surface area contributed by atoms with Crippen molar-refractivity contribution >= 4 is 17.4 Å². The second-order valence-corrected chi connectivity index (χ2v) is 5.64. The molecule has 0 spiro atoms. The zero-order valence-corrected chi connectivity index (χ0v) is 13.0. The van der Waals surface area contributed by atoms with E-state index in [9.17, 15) is 0 Å². The van der Waals surface area contributed by atoms with Gasteiger partial charge < -0.3 is 10.1 Å². The molecule has 0 amide bonds. The first kappa shape index (κ1) is 15.5. The van der Waals surface area contributed by atoms with E-state index in [1.807, 2.05) is 0 Å². The van der Waals surface area contributed by atoms with Gasteiger partial charge >= 0.3 is 0 Å². The second-order valence-electron chi connectivity index (χ2n) is 5.25. The molecule has 1 aliphatic heterocycles. The summed E-state index contributed by atoms with van der Waals surface area (Å²) in [6, 6.07) is 2.25. The zero-order chi connectivity index (χ0) is 14.4. The Balaban J connectivity index is 1.89. The Labute approximate surface area is 125 Å². The van der Waals surface area contributed by atoms with Crippen LogP contribution >= 0.6 is 11.6 Å². The van der Waals surface area contributed by atoms with E-state index in [4.69, 9.17) is 16.3 Å². The van der Waals surface area contributed by atoms with Gasteiger partial charge in [0.25, 0.3) is 0 Å². The van der Waals surface area contributed by atoms with Gasteiger partial charge in [-0.1, -0.05) is 18.0 Å². The van der Waals surface area contributed by atoms with Crippen molar-refractivity contribution in [3.05, 3.63) is 17.0 Å². The number of aromatic nitrogens is 2. The van der Waals surface area contributed by atoms with Gasteiger partial charge in [0.15, 0.2) is 5.82 Å². The van der Waals surface area contributed by atoms with Crippen LogP contribution in [-0.4, -0.2) is 47.7 Å². The summed E-state index contributed by atoms with van der Waals surface area (Å²) in [4.78, 5) is 11.0. The average Bonchev–Trinajstić information content (AvgIpc) is 2.45. The number of anilines is 1. The van der Waals surface area contributed by atoms with Crippen molar-refractivity contribution in [1.82, 2.24) is 14.9 Å². The molecule has 1 N–H and O–H groups in total. The third-order valence-corrected chi connectivity index (χ3v) is 3.80. The highest BCUT2D eigenvalue weighted by molar-refractivity contribution is 6.29. The van der Waals surface area contributed by atoms with Gasteiger partial charge in [-0.15, -0.1) is 0 Å². The van der Waals surface area contributed by atoms with Crippen LogP contribution in [0.4, 0.5) is 5.82 Å². The zero-order valence-electron chi connectivity index (χ0n) is 12.2. The molecule has 0 aliphatic carbocycles. The Kier molecular flexibility index (Phi) is 6.01. The lowest BCUT2D eigenvalue weighted by molar-refractivity contribution is 0.177. The van der Waals surface area contributed by atoms with Gasteiger partial charge in [0.2, 0.25) is 0 Å². The first-order chi connectivity index (χ1) is 9.69. The first-order valence-electron chi connectivity index (χ1n) is 7.19. The van der Waals surface area contributed by atoms with Crippen LogP contribution in [0.3, 0.4) is 0 Å². The summed E-state index contributed by atoms with van der Waals surface area (Å²) in [5.74, 6) is 1.37. The quantitative estimate of drug-likeness (QED) is 0.818. The van der Waals surface area contributed by atoms with E-state index in [0.29, 0.717) is 23.6 Å². The molecular formula is C14H23ClN4O. The Morgan fingerprint density at radius 1 is 1.35 bits per heavy atom. The number of ether oxygens (including phenoxy) is 1. The third kappa shape index (κ3) is 4.58. The standard InChI is InChI=1S/C14H23ClN4O/c1-11(19-6-4-3-5-7-19)9-16-13-8-12(15)17-14(18-13)10-20-2/h8,11H,3-7,9-10H2,1-2H3,(H,16,17,18). The summed E-state index contributed by atoms with van der Waals surface area (Å²) >= 11 is 5.99. The van der Waals surface area contributed by atoms with Crippen LogP contribution in [-0.2, 0) is 11.3 Å². The third-order valence-electron chi connectivity index (χ3n) is 3.61. The van der Waals surface area contributed by atoms with Gasteiger partial charge in [0.05, 0.1) is 0 Å². The van der Waals surface area contributed by atoms with Crippen molar-refractivity contribution in [3.63, 3.8) is 0 Å². The van der Waals surface area contributed by atoms with E-state index >= 15 is 0 Å². The van der Waals surface area contributed by atoms with Crippen LogP contribution in [0.2, 0.25) is 5.15 Å². The number of nitrogens with zero attached hydrogens (tertiary/aromatic N) is 3. The van der Waals surface area contributed by atoms with E-state index in [-0.39, 0.29) is 0 Å².